The maximum Gasteiger partial charge on any atom is 0.229 e. The fraction of sp³-hybridized carbons (Fsp3) is 0.238. The van der Waals surface area contributed by atoms with E-state index in [1.807, 2.05) is 30.3 Å². The molecule has 5 nitrogen and oxygen atoms in total. The van der Waals surface area contributed by atoms with E-state index in [-0.39, 0.29) is 0 Å². The average Bonchev–Trinajstić information content (AvgIpc) is 2.70. The van der Waals surface area contributed by atoms with Gasteiger partial charge in [-0.3, -0.25) is 0 Å². The average molecular weight is 380 g/mol. The van der Waals surface area contributed by atoms with Crippen molar-refractivity contribution in [2.45, 2.75) is 19.3 Å². The molecule has 1 aliphatic rings. The predicted octanol–water partition coefficient (Wildman–Crippen LogP) is 5.61. The lowest BCUT2D eigenvalue weighted by Gasteiger charge is -2.28. The van der Waals surface area contributed by atoms with Crippen molar-refractivity contribution in [2.24, 2.45) is 0 Å². The van der Waals surface area contributed by atoms with Gasteiger partial charge in [0.05, 0.1) is 0 Å². The Morgan fingerprint density at radius 2 is 1.67 bits per heavy atom. The normalized spacial score (nSPS) is 14.0. The molecule has 2 N–H and O–H groups in total. The molecule has 0 aliphatic carbocycles. The molecule has 0 amide bonds. The molecule has 0 unspecified atom stereocenters. The van der Waals surface area contributed by atoms with E-state index >= 15 is 0 Å². The second-order valence-corrected chi connectivity index (χ2v) is 7.06. The highest BCUT2D eigenvalue weighted by Crippen LogP contribution is 2.24. The number of hydrogen-bond acceptors (Lipinski definition) is 5. The fourth-order valence-electron chi connectivity index (χ4n) is 3.24. The van der Waals surface area contributed by atoms with Crippen molar-refractivity contribution in [3.05, 3.63) is 65.8 Å². The van der Waals surface area contributed by atoms with Gasteiger partial charge < -0.3 is 15.5 Å². The number of anilines is 5. The molecule has 4 rings (SSSR count). The lowest BCUT2D eigenvalue weighted by Crippen LogP contribution is -2.29. The van der Waals surface area contributed by atoms with Crippen LogP contribution in [-0.4, -0.2) is 23.1 Å². The van der Waals surface area contributed by atoms with E-state index in [2.05, 4.69) is 49.8 Å². The summed E-state index contributed by atoms with van der Waals surface area (Å²) >= 11 is 6.02. The number of rotatable bonds is 5. The van der Waals surface area contributed by atoms with Crippen LogP contribution in [0.25, 0.3) is 0 Å². The number of nitrogens with one attached hydrogen (secondary N) is 2. The summed E-state index contributed by atoms with van der Waals surface area (Å²) in [4.78, 5) is 11.2. The fourth-order valence-corrected chi connectivity index (χ4v) is 3.43. The standard InChI is InChI=1S/C21H22ClN5/c22-16-5-4-6-18(15-16)25-21-23-12-11-20(26-21)24-17-7-9-19(10-8-17)27-13-2-1-3-14-27/h4-12,15H,1-3,13-14H2,(H2,23,24,25,26). The first-order valence-corrected chi connectivity index (χ1v) is 9.62. The second-order valence-electron chi connectivity index (χ2n) is 6.62. The van der Waals surface area contributed by atoms with Crippen LogP contribution in [-0.2, 0) is 0 Å². The van der Waals surface area contributed by atoms with Gasteiger partial charge in [0.15, 0.2) is 0 Å². The van der Waals surface area contributed by atoms with Crippen LogP contribution in [0, 0.1) is 0 Å². The van der Waals surface area contributed by atoms with E-state index in [0.29, 0.717) is 11.0 Å². The number of nitrogens with zero attached hydrogens (tertiary/aromatic N) is 3. The molecular formula is C21H22ClN5. The van der Waals surface area contributed by atoms with Crippen molar-refractivity contribution < 1.29 is 0 Å². The molecule has 2 heterocycles. The molecule has 0 saturated carbocycles. The summed E-state index contributed by atoms with van der Waals surface area (Å²) in [5, 5.41) is 7.18. The van der Waals surface area contributed by atoms with Crippen molar-refractivity contribution in [3.63, 3.8) is 0 Å². The minimum Gasteiger partial charge on any atom is -0.372 e. The highest BCUT2D eigenvalue weighted by Gasteiger charge is 2.10. The Morgan fingerprint density at radius 3 is 2.44 bits per heavy atom. The summed E-state index contributed by atoms with van der Waals surface area (Å²) in [6, 6.07) is 17.8. The summed E-state index contributed by atoms with van der Waals surface area (Å²) in [7, 11) is 0. The van der Waals surface area contributed by atoms with Crippen LogP contribution in [0.4, 0.5) is 28.8 Å². The quantitative estimate of drug-likeness (QED) is 0.603. The van der Waals surface area contributed by atoms with Crippen LogP contribution in [0.3, 0.4) is 0 Å². The van der Waals surface area contributed by atoms with E-state index < -0.39 is 0 Å². The molecule has 0 atom stereocenters. The van der Waals surface area contributed by atoms with E-state index in [1.165, 1.54) is 24.9 Å². The van der Waals surface area contributed by atoms with E-state index in [0.717, 1.165) is 30.3 Å². The van der Waals surface area contributed by atoms with Crippen LogP contribution in [0.15, 0.2) is 60.8 Å². The SMILES string of the molecule is Clc1cccc(Nc2nccc(Nc3ccc(N4CCCCC4)cc3)n2)c1. The van der Waals surface area contributed by atoms with Crippen molar-refractivity contribution >= 4 is 40.4 Å². The molecule has 0 spiro atoms. The minimum absolute atomic E-state index is 0.521. The third kappa shape index (κ3) is 4.68. The highest BCUT2D eigenvalue weighted by molar-refractivity contribution is 6.30. The molecule has 6 heteroatoms. The molecule has 0 bridgehead atoms. The molecule has 3 aromatic rings. The second kappa shape index (κ2) is 8.27. The molecule has 0 radical (unpaired) electrons. The monoisotopic (exact) mass is 379 g/mol. The molecule has 2 aromatic carbocycles. The maximum atomic E-state index is 6.02. The highest BCUT2D eigenvalue weighted by atomic mass is 35.5. The first-order valence-electron chi connectivity index (χ1n) is 9.24. The number of benzene rings is 2. The molecular weight excluding hydrogens is 358 g/mol. The van der Waals surface area contributed by atoms with E-state index in [1.54, 1.807) is 6.20 Å². The van der Waals surface area contributed by atoms with Gasteiger partial charge in [0.2, 0.25) is 5.95 Å². The van der Waals surface area contributed by atoms with Gasteiger partial charge in [-0.25, -0.2) is 4.98 Å². The Morgan fingerprint density at radius 1 is 0.852 bits per heavy atom. The third-order valence-electron chi connectivity index (χ3n) is 4.60. The first-order chi connectivity index (χ1) is 13.3. The topological polar surface area (TPSA) is 53.1 Å². The Kier molecular flexibility index (Phi) is 5.39. The Hall–Kier alpha value is -2.79. The van der Waals surface area contributed by atoms with Crippen LogP contribution < -0.4 is 15.5 Å². The van der Waals surface area contributed by atoms with Crippen LogP contribution in [0.5, 0.6) is 0 Å². The molecule has 1 aliphatic heterocycles. The zero-order chi connectivity index (χ0) is 18.5. The molecule has 1 aromatic heterocycles. The minimum atomic E-state index is 0.521. The summed E-state index contributed by atoms with van der Waals surface area (Å²) in [5.74, 6) is 1.26. The van der Waals surface area contributed by atoms with Crippen molar-refractivity contribution in [3.8, 4) is 0 Å². The van der Waals surface area contributed by atoms with Crippen LogP contribution >= 0.6 is 11.6 Å². The summed E-state index contributed by atoms with van der Waals surface area (Å²) in [6.45, 7) is 2.30. The van der Waals surface area contributed by atoms with Gasteiger partial charge in [0.25, 0.3) is 0 Å². The van der Waals surface area contributed by atoms with Gasteiger partial charge in [0.1, 0.15) is 5.82 Å². The van der Waals surface area contributed by atoms with E-state index in [9.17, 15) is 0 Å². The summed E-state index contributed by atoms with van der Waals surface area (Å²) in [5.41, 5.74) is 3.14. The maximum absolute atomic E-state index is 6.02. The predicted molar refractivity (Wildman–Crippen MR) is 113 cm³/mol. The van der Waals surface area contributed by atoms with Crippen molar-refractivity contribution in [1.29, 1.82) is 0 Å². The molecule has 138 valence electrons. The number of hydrogen-bond donors (Lipinski definition) is 2. The van der Waals surface area contributed by atoms with Gasteiger partial charge in [-0.15, -0.1) is 0 Å². The molecule has 1 saturated heterocycles. The van der Waals surface area contributed by atoms with Gasteiger partial charge >= 0.3 is 0 Å². The number of halogens is 1. The first kappa shape index (κ1) is 17.6. The van der Waals surface area contributed by atoms with Crippen molar-refractivity contribution in [2.75, 3.05) is 28.6 Å². The van der Waals surface area contributed by atoms with E-state index in [4.69, 9.17) is 11.6 Å². The number of piperidine rings is 1. The van der Waals surface area contributed by atoms with Crippen LogP contribution in [0.1, 0.15) is 19.3 Å². The van der Waals surface area contributed by atoms with Gasteiger partial charge in [-0.1, -0.05) is 17.7 Å². The molecule has 27 heavy (non-hydrogen) atoms. The van der Waals surface area contributed by atoms with Crippen LogP contribution in [0.2, 0.25) is 5.02 Å². The van der Waals surface area contributed by atoms with Gasteiger partial charge in [-0.05, 0) is 67.8 Å². The lowest BCUT2D eigenvalue weighted by atomic mass is 10.1. The Bertz CT molecular complexity index is 891. The zero-order valence-corrected chi connectivity index (χ0v) is 15.8. The van der Waals surface area contributed by atoms with Gasteiger partial charge in [0, 0.05) is 41.4 Å². The Balaban J connectivity index is 1.43. The van der Waals surface area contributed by atoms with Crippen molar-refractivity contribution in [1.82, 2.24) is 9.97 Å². The third-order valence-corrected chi connectivity index (χ3v) is 4.83. The number of aromatic nitrogens is 2. The summed E-state index contributed by atoms with van der Waals surface area (Å²) < 4.78 is 0. The summed E-state index contributed by atoms with van der Waals surface area (Å²) in [6.07, 6.45) is 5.63. The smallest absolute Gasteiger partial charge is 0.229 e. The van der Waals surface area contributed by atoms with Gasteiger partial charge in [-0.2, -0.15) is 4.98 Å². The Labute approximate surface area is 164 Å². The lowest BCUT2D eigenvalue weighted by molar-refractivity contribution is 0.578. The zero-order valence-electron chi connectivity index (χ0n) is 15.0. The largest absolute Gasteiger partial charge is 0.372 e. The molecule has 1 fully saturated rings.